The topological polar surface area (TPSA) is 99.9 Å². The highest BCUT2D eigenvalue weighted by Crippen LogP contribution is 2.26. The molecule has 0 radical (unpaired) electrons. The monoisotopic (exact) mass is 425 g/mol. The van der Waals surface area contributed by atoms with Gasteiger partial charge in [-0.2, -0.15) is 5.26 Å². The minimum Gasteiger partial charge on any atom is -0.497 e. The highest BCUT2D eigenvalue weighted by Gasteiger charge is 2.09. The number of amides is 1. The lowest BCUT2D eigenvalue weighted by Gasteiger charge is -2.06. The van der Waals surface area contributed by atoms with Crippen LogP contribution in [0.4, 0.5) is 10.8 Å². The minimum absolute atomic E-state index is 0.137. The van der Waals surface area contributed by atoms with Crippen molar-refractivity contribution in [2.24, 2.45) is 0 Å². The number of nitriles is 1. The summed E-state index contributed by atoms with van der Waals surface area (Å²) in [7, 11) is 1.64. The van der Waals surface area contributed by atoms with Crippen molar-refractivity contribution in [3.05, 3.63) is 59.7 Å². The molecule has 0 aliphatic rings. The molecule has 7 nitrogen and oxygen atoms in total. The molecule has 0 fully saturated rings. The fourth-order valence-corrected chi connectivity index (χ4v) is 4.15. The molecule has 0 saturated carbocycles. The standard InChI is InChI=1S/C20H19N5O2S2/c1-27-16-8-6-14(7-9-16)13-22-19-24-25-20(29-19)28-11-10-18(26)23-17-5-3-2-4-15(17)12-21/h2-9H,10-11,13H2,1H3,(H,22,24)(H,23,26). The van der Waals surface area contributed by atoms with E-state index in [9.17, 15) is 4.79 Å². The third kappa shape index (κ3) is 6.20. The fraction of sp³-hybridized carbons (Fsp3) is 0.200. The summed E-state index contributed by atoms with van der Waals surface area (Å²) in [5.41, 5.74) is 2.10. The smallest absolute Gasteiger partial charge is 0.225 e. The minimum atomic E-state index is -0.137. The number of carbonyl (C=O) groups excluding carboxylic acids is 1. The molecule has 0 saturated heterocycles. The lowest BCUT2D eigenvalue weighted by atomic mass is 10.2. The summed E-state index contributed by atoms with van der Waals surface area (Å²) in [6.07, 6.45) is 0.318. The summed E-state index contributed by atoms with van der Waals surface area (Å²) in [6.45, 7) is 0.643. The maximum absolute atomic E-state index is 12.1. The molecule has 0 atom stereocenters. The number of aromatic nitrogens is 2. The van der Waals surface area contributed by atoms with Crippen LogP contribution in [0.2, 0.25) is 0 Å². The van der Waals surface area contributed by atoms with E-state index in [0.717, 1.165) is 20.8 Å². The van der Waals surface area contributed by atoms with Crippen molar-refractivity contribution in [3.8, 4) is 11.8 Å². The fourth-order valence-electron chi connectivity index (χ4n) is 2.39. The first-order valence-electron chi connectivity index (χ1n) is 8.80. The summed E-state index contributed by atoms with van der Waals surface area (Å²) in [5.74, 6) is 1.26. The summed E-state index contributed by atoms with van der Waals surface area (Å²) in [6, 6.07) is 16.8. The Labute approximate surface area is 177 Å². The number of para-hydroxylation sites is 1. The first-order chi connectivity index (χ1) is 14.2. The number of carbonyl (C=O) groups is 1. The zero-order valence-corrected chi connectivity index (χ0v) is 17.3. The predicted octanol–water partition coefficient (Wildman–Crippen LogP) is 4.15. The van der Waals surface area contributed by atoms with E-state index in [1.165, 1.54) is 23.1 Å². The van der Waals surface area contributed by atoms with Gasteiger partial charge in [-0.15, -0.1) is 10.2 Å². The molecule has 0 aliphatic carbocycles. The zero-order chi connectivity index (χ0) is 20.5. The Balaban J connectivity index is 1.42. The second kappa shape index (κ2) is 10.5. The van der Waals surface area contributed by atoms with E-state index >= 15 is 0 Å². The van der Waals surface area contributed by atoms with Gasteiger partial charge in [0, 0.05) is 18.7 Å². The van der Waals surface area contributed by atoms with Crippen LogP contribution in [0.25, 0.3) is 0 Å². The highest BCUT2D eigenvalue weighted by atomic mass is 32.2. The van der Waals surface area contributed by atoms with Crippen molar-refractivity contribution in [1.82, 2.24) is 10.2 Å². The molecule has 1 aromatic heterocycles. The highest BCUT2D eigenvalue weighted by molar-refractivity contribution is 8.01. The Hall–Kier alpha value is -3.09. The molecular formula is C20H19N5O2S2. The van der Waals surface area contributed by atoms with E-state index < -0.39 is 0 Å². The molecule has 0 aliphatic heterocycles. The van der Waals surface area contributed by atoms with Gasteiger partial charge in [0.05, 0.1) is 18.4 Å². The average molecular weight is 426 g/mol. The number of benzene rings is 2. The van der Waals surface area contributed by atoms with Crippen molar-refractivity contribution in [2.75, 3.05) is 23.5 Å². The van der Waals surface area contributed by atoms with Crippen molar-refractivity contribution in [1.29, 1.82) is 5.26 Å². The molecule has 0 bridgehead atoms. The van der Waals surface area contributed by atoms with Crippen LogP contribution in [0.5, 0.6) is 5.75 Å². The normalized spacial score (nSPS) is 10.2. The Morgan fingerprint density at radius 3 is 2.76 bits per heavy atom. The Morgan fingerprint density at radius 2 is 2.00 bits per heavy atom. The van der Waals surface area contributed by atoms with Gasteiger partial charge >= 0.3 is 0 Å². The van der Waals surface area contributed by atoms with Gasteiger partial charge in [-0.25, -0.2) is 0 Å². The Kier molecular flexibility index (Phi) is 7.44. The van der Waals surface area contributed by atoms with Gasteiger partial charge < -0.3 is 15.4 Å². The molecule has 3 aromatic rings. The maximum atomic E-state index is 12.1. The molecule has 1 heterocycles. The molecule has 0 spiro atoms. The van der Waals surface area contributed by atoms with Crippen LogP contribution in [0, 0.1) is 11.3 Å². The number of ether oxygens (including phenoxy) is 1. The Bertz CT molecular complexity index is 999. The van der Waals surface area contributed by atoms with Crippen LogP contribution >= 0.6 is 23.1 Å². The Morgan fingerprint density at radius 1 is 1.21 bits per heavy atom. The van der Waals surface area contributed by atoms with E-state index in [1.54, 1.807) is 31.4 Å². The number of hydrogen-bond donors (Lipinski definition) is 2. The lowest BCUT2D eigenvalue weighted by molar-refractivity contribution is -0.115. The first kappa shape index (κ1) is 20.6. The first-order valence-corrected chi connectivity index (χ1v) is 10.6. The second-order valence-corrected chi connectivity index (χ2v) is 8.20. The summed E-state index contributed by atoms with van der Waals surface area (Å²) in [5, 5.41) is 24.1. The molecule has 148 valence electrons. The van der Waals surface area contributed by atoms with E-state index in [2.05, 4.69) is 26.9 Å². The van der Waals surface area contributed by atoms with E-state index in [0.29, 0.717) is 30.0 Å². The van der Waals surface area contributed by atoms with Crippen molar-refractivity contribution in [2.45, 2.75) is 17.3 Å². The third-order valence-corrected chi connectivity index (χ3v) is 5.90. The van der Waals surface area contributed by atoms with Gasteiger partial charge in [0.15, 0.2) is 4.34 Å². The third-order valence-electron chi connectivity index (χ3n) is 3.89. The predicted molar refractivity (Wildman–Crippen MR) is 115 cm³/mol. The van der Waals surface area contributed by atoms with E-state index in [-0.39, 0.29) is 5.91 Å². The SMILES string of the molecule is COc1ccc(CNc2nnc(SCCC(=O)Nc3ccccc3C#N)s2)cc1. The van der Waals surface area contributed by atoms with Gasteiger partial charge in [0.2, 0.25) is 11.0 Å². The number of methoxy groups -OCH3 is 1. The van der Waals surface area contributed by atoms with Gasteiger partial charge in [-0.05, 0) is 29.8 Å². The molecule has 3 rings (SSSR count). The largest absolute Gasteiger partial charge is 0.497 e. The van der Waals surface area contributed by atoms with E-state index in [4.69, 9.17) is 10.00 Å². The molecule has 29 heavy (non-hydrogen) atoms. The van der Waals surface area contributed by atoms with Crippen LogP contribution in [0.3, 0.4) is 0 Å². The average Bonchev–Trinajstić information content (AvgIpc) is 3.20. The van der Waals surface area contributed by atoms with Crippen molar-refractivity contribution in [3.63, 3.8) is 0 Å². The molecular weight excluding hydrogens is 406 g/mol. The number of hydrogen-bond acceptors (Lipinski definition) is 8. The van der Waals surface area contributed by atoms with Gasteiger partial charge in [0.25, 0.3) is 0 Å². The quantitative estimate of drug-likeness (QED) is 0.497. The maximum Gasteiger partial charge on any atom is 0.225 e. The number of nitrogens with one attached hydrogen (secondary N) is 2. The number of anilines is 2. The summed E-state index contributed by atoms with van der Waals surface area (Å²) in [4.78, 5) is 12.1. The summed E-state index contributed by atoms with van der Waals surface area (Å²) < 4.78 is 5.95. The van der Waals surface area contributed by atoms with Crippen LogP contribution in [-0.2, 0) is 11.3 Å². The van der Waals surface area contributed by atoms with Gasteiger partial charge in [0.1, 0.15) is 11.8 Å². The van der Waals surface area contributed by atoms with Crippen LogP contribution < -0.4 is 15.4 Å². The van der Waals surface area contributed by atoms with E-state index in [1.807, 2.05) is 24.3 Å². The van der Waals surface area contributed by atoms with Gasteiger partial charge in [-0.1, -0.05) is 47.4 Å². The molecule has 0 unspecified atom stereocenters. The number of thioether (sulfide) groups is 1. The van der Waals surface area contributed by atoms with Crippen LogP contribution in [0.15, 0.2) is 52.9 Å². The molecule has 9 heteroatoms. The molecule has 2 aromatic carbocycles. The second-order valence-electron chi connectivity index (χ2n) is 5.88. The molecule has 2 N–H and O–H groups in total. The lowest BCUT2D eigenvalue weighted by Crippen LogP contribution is -2.13. The van der Waals surface area contributed by atoms with Crippen LogP contribution in [0.1, 0.15) is 17.5 Å². The zero-order valence-electron chi connectivity index (χ0n) is 15.7. The van der Waals surface area contributed by atoms with Gasteiger partial charge in [-0.3, -0.25) is 4.79 Å². The summed E-state index contributed by atoms with van der Waals surface area (Å²) >= 11 is 2.93. The molecule has 1 amide bonds. The number of nitrogens with zero attached hydrogens (tertiary/aromatic N) is 3. The number of rotatable bonds is 9. The van der Waals surface area contributed by atoms with Crippen LogP contribution in [-0.4, -0.2) is 29.0 Å². The van der Waals surface area contributed by atoms with Crippen molar-refractivity contribution >= 4 is 39.8 Å². The van der Waals surface area contributed by atoms with Crippen molar-refractivity contribution < 1.29 is 9.53 Å².